The van der Waals surface area contributed by atoms with E-state index in [9.17, 15) is 14.0 Å². The van der Waals surface area contributed by atoms with Crippen molar-refractivity contribution in [3.05, 3.63) is 35.0 Å². The molecular weight excluding hydrogens is 286 g/mol. The second-order valence-electron chi connectivity index (χ2n) is 6.86. The summed E-state index contributed by atoms with van der Waals surface area (Å²) in [5.74, 6) is -1.62. The average molecular weight is 309 g/mol. The zero-order valence-electron chi connectivity index (χ0n) is 14.0. The molecular formula is C15H23F2LiNOP. The van der Waals surface area contributed by atoms with Gasteiger partial charge in [0.1, 0.15) is 11.6 Å². The van der Waals surface area contributed by atoms with Gasteiger partial charge < -0.3 is 10.3 Å². The van der Waals surface area contributed by atoms with Gasteiger partial charge in [0.25, 0.3) is 0 Å². The number of rotatable bonds is 3. The molecule has 0 unspecified atom stereocenters. The van der Waals surface area contributed by atoms with Gasteiger partial charge in [-0.1, -0.05) is 55.5 Å². The number of halogens is 2. The first-order valence-corrected chi connectivity index (χ1v) is 8.13. The molecule has 21 heavy (non-hydrogen) atoms. The number of hydrogen-bond donors (Lipinski definition) is 0. The van der Waals surface area contributed by atoms with Gasteiger partial charge >= 0.3 is 18.9 Å². The molecule has 0 bridgehead atoms. The molecule has 0 aliphatic carbocycles. The van der Waals surface area contributed by atoms with E-state index < -0.39 is 25.2 Å². The topological polar surface area (TPSA) is 26.3 Å². The van der Waals surface area contributed by atoms with Crippen molar-refractivity contribution in [2.24, 2.45) is 0 Å². The SMILES string of the molecule is CC(C)(C)P(CN([O-])c1c(F)cccc1F)C(C)(C)C.[Li+]. The van der Waals surface area contributed by atoms with Crippen LogP contribution in [0, 0.1) is 16.8 Å². The maximum atomic E-state index is 13.7. The Hall–Kier alpha value is -0.133. The maximum absolute atomic E-state index is 13.7. The van der Waals surface area contributed by atoms with E-state index in [2.05, 4.69) is 41.5 Å². The second-order valence-corrected chi connectivity index (χ2v) is 10.7. The first kappa shape index (κ1) is 20.9. The van der Waals surface area contributed by atoms with Crippen LogP contribution in [0.3, 0.4) is 0 Å². The van der Waals surface area contributed by atoms with Crippen molar-refractivity contribution >= 4 is 13.6 Å². The Balaban J connectivity index is 0.00000400. The number of nitrogens with zero attached hydrogens (tertiary/aromatic N) is 1. The second kappa shape index (κ2) is 7.42. The monoisotopic (exact) mass is 309 g/mol. The number of hydrogen-bond acceptors (Lipinski definition) is 2. The molecule has 0 spiro atoms. The number of benzene rings is 1. The molecule has 0 saturated carbocycles. The molecule has 0 aromatic heterocycles. The normalized spacial score (nSPS) is 12.3. The number of para-hydroxylation sites is 1. The number of anilines is 1. The molecule has 0 N–H and O–H groups in total. The summed E-state index contributed by atoms with van der Waals surface area (Å²) in [6.45, 7) is 12.4. The fourth-order valence-electron chi connectivity index (χ4n) is 2.36. The minimum absolute atomic E-state index is 0. The van der Waals surface area contributed by atoms with Crippen LogP contribution in [0.15, 0.2) is 18.2 Å². The van der Waals surface area contributed by atoms with Gasteiger partial charge in [-0.3, -0.25) is 0 Å². The Morgan fingerprint density at radius 3 is 1.71 bits per heavy atom. The van der Waals surface area contributed by atoms with Crippen LogP contribution < -0.4 is 23.9 Å². The zero-order chi connectivity index (χ0) is 15.7. The fraction of sp³-hybridized carbons (Fsp3) is 0.600. The van der Waals surface area contributed by atoms with Crippen molar-refractivity contribution in [3.63, 3.8) is 0 Å². The summed E-state index contributed by atoms with van der Waals surface area (Å²) in [7, 11) is -0.750. The van der Waals surface area contributed by atoms with Crippen LogP contribution in [0.4, 0.5) is 14.5 Å². The Kier molecular flexibility index (Phi) is 7.38. The zero-order valence-corrected chi connectivity index (χ0v) is 14.9. The van der Waals surface area contributed by atoms with E-state index in [0.717, 1.165) is 12.1 Å². The third-order valence-corrected chi connectivity index (χ3v) is 6.86. The summed E-state index contributed by atoms with van der Waals surface area (Å²) < 4.78 is 27.3. The first-order chi connectivity index (χ1) is 8.94. The van der Waals surface area contributed by atoms with Crippen molar-refractivity contribution < 1.29 is 27.6 Å². The summed E-state index contributed by atoms with van der Waals surface area (Å²) in [6, 6.07) is 3.48. The molecule has 0 fully saturated rings. The summed E-state index contributed by atoms with van der Waals surface area (Å²) in [4.78, 5) is 0. The quantitative estimate of drug-likeness (QED) is 0.486. The molecule has 0 radical (unpaired) electrons. The molecule has 0 aliphatic heterocycles. The fourth-order valence-corrected chi connectivity index (χ4v) is 5.62. The standard InChI is InChI=1S/C15H23F2NOP.Li/c1-14(2,3)20(15(4,5)6)10-18(19)13-11(16)8-7-9-12(13)17;/h7-9H,10H2,1-6H3;/q-1;+1. The van der Waals surface area contributed by atoms with E-state index in [1.165, 1.54) is 6.07 Å². The summed E-state index contributed by atoms with van der Waals surface area (Å²) >= 11 is 0. The average Bonchev–Trinajstić information content (AvgIpc) is 2.22. The Labute approximate surface area is 139 Å². The van der Waals surface area contributed by atoms with Crippen molar-refractivity contribution in [2.75, 3.05) is 11.3 Å². The molecule has 1 aromatic carbocycles. The Morgan fingerprint density at radius 1 is 1.00 bits per heavy atom. The molecule has 0 saturated heterocycles. The molecule has 2 nitrogen and oxygen atoms in total. The molecule has 0 aliphatic rings. The van der Waals surface area contributed by atoms with Crippen molar-refractivity contribution in [1.82, 2.24) is 0 Å². The van der Waals surface area contributed by atoms with Crippen LogP contribution in [0.5, 0.6) is 0 Å². The molecule has 114 valence electrons. The van der Waals surface area contributed by atoms with Gasteiger partial charge in [0.05, 0.1) is 5.69 Å². The van der Waals surface area contributed by atoms with Gasteiger partial charge in [0.2, 0.25) is 0 Å². The first-order valence-electron chi connectivity index (χ1n) is 6.61. The largest absolute Gasteiger partial charge is 1.00 e. The van der Waals surface area contributed by atoms with Crippen LogP contribution in [0.2, 0.25) is 0 Å². The number of hydroxylamine groups is 1. The van der Waals surface area contributed by atoms with Gasteiger partial charge in [-0.15, -0.1) is 0 Å². The van der Waals surface area contributed by atoms with E-state index in [0.29, 0.717) is 5.06 Å². The molecule has 0 amide bonds. The van der Waals surface area contributed by atoms with Crippen LogP contribution in [0.1, 0.15) is 41.5 Å². The third kappa shape index (κ3) is 5.53. The van der Waals surface area contributed by atoms with E-state index >= 15 is 0 Å². The Bertz CT molecular complexity index is 437. The smallest absolute Gasteiger partial charge is 0.758 e. The summed E-state index contributed by atoms with van der Waals surface area (Å²) in [6.07, 6.45) is 0.125. The third-order valence-electron chi connectivity index (χ3n) is 3.08. The van der Waals surface area contributed by atoms with E-state index in [-0.39, 0.29) is 35.5 Å². The summed E-state index contributed by atoms with van der Waals surface area (Å²) in [5, 5.41) is 12.6. The van der Waals surface area contributed by atoms with Gasteiger partial charge in [0.15, 0.2) is 0 Å². The van der Waals surface area contributed by atoms with Gasteiger partial charge in [-0.25, -0.2) is 8.78 Å². The molecule has 6 heteroatoms. The predicted octanol–water partition coefficient (Wildman–Crippen LogP) is 2.31. The predicted molar refractivity (Wildman–Crippen MR) is 83.5 cm³/mol. The van der Waals surface area contributed by atoms with Crippen LogP contribution in [-0.4, -0.2) is 16.6 Å². The maximum Gasteiger partial charge on any atom is 1.00 e. The van der Waals surface area contributed by atoms with Gasteiger partial charge in [0, 0.05) is 6.29 Å². The van der Waals surface area contributed by atoms with Gasteiger partial charge in [-0.05, 0) is 22.4 Å². The minimum atomic E-state index is -0.808. The van der Waals surface area contributed by atoms with Crippen molar-refractivity contribution in [2.45, 2.75) is 51.9 Å². The van der Waals surface area contributed by atoms with Crippen molar-refractivity contribution in [3.8, 4) is 0 Å². The van der Waals surface area contributed by atoms with Crippen LogP contribution >= 0.6 is 7.92 Å². The van der Waals surface area contributed by atoms with E-state index in [1.54, 1.807) is 0 Å². The summed E-state index contributed by atoms with van der Waals surface area (Å²) in [5.41, 5.74) is -0.478. The molecule has 0 atom stereocenters. The van der Waals surface area contributed by atoms with Crippen molar-refractivity contribution in [1.29, 1.82) is 0 Å². The van der Waals surface area contributed by atoms with Crippen LogP contribution in [0.25, 0.3) is 0 Å². The Morgan fingerprint density at radius 2 is 1.38 bits per heavy atom. The van der Waals surface area contributed by atoms with Crippen LogP contribution in [-0.2, 0) is 0 Å². The van der Waals surface area contributed by atoms with E-state index in [4.69, 9.17) is 0 Å². The molecule has 0 heterocycles. The molecule has 1 aromatic rings. The van der Waals surface area contributed by atoms with E-state index in [1.807, 2.05) is 0 Å². The molecule has 1 rings (SSSR count). The van der Waals surface area contributed by atoms with Gasteiger partial charge in [-0.2, -0.15) is 0 Å². The minimum Gasteiger partial charge on any atom is -0.758 e.